The van der Waals surface area contributed by atoms with Gasteiger partial charge in [-0.2, -0.15) is 0 Å². The highest BCUT2D eigenvalue weighted by molar-refractivity contribution is 6.31. The maximum Gasteiger partial charge on any atom is 0.325 e. The fraction of sp³-hybridized carbons (Fsp3) is 0.318. The molecule has 2 aliphatic rings. The van der Waals surface area contributed by atoms with E-state index in [-0.39, 0.29) is 29.6 Å². The summed E-state index contributed by atoms with van der Waals surface area (Å²) in [4.78, 5) is 41.9. The van der Waals surface area contributed by atoms with E-state index in [0.717, 1.165) is 4.90 Å². The highest BCUT2D eigenvalue weighted by atomic mass is 35.5. The van der Waals surface area contributed by atoms with E-state index in [4.69, 9.17) is 11.6 Å². The molecule has 0 saturated carbocycles. The molecule has 0 aromatic heterocycles. The van der Waals surface area contributed by atoms with Gasteiger partial charge in [0.1, 0.15) is 5.82 Å². The van der Waals surface area contributed by atoms with Crippen molar-refractivity contribution < 1.29 is 18.8 Å². The lowest BCUT2D eigenvalue weighted by atomic mass is 9.91. The highest BCUT2D eigenvalue weighted by Crippen LogP contribution is 2.45. The van der Waals surface area contributed by atoms with Gasteiger partial charge in [-0.05, 0) is 30.5 Å². The third-order valence-corrected chi connectivity index (χ3v) is 5.93. The molecule has 6 nitrogen and oxygen atoms in total. The van der Waals surface area contributed by atoms with E-state index in [9.17, 15) is 18.8 Å². The summed E-state index contributed by atoms with van der Waals surface area (Å²) in [6, 6.07) is 10.4. The first-order valence-electron chi connectivity index (χ1n) is 9.76. The first-order valence-corrected chi connectivity index (χ1v) is 10.1. The van der Waals surface area contributed by atoms with Crippen LogP contribution < -0.4 is 10.2 Å². The lowest BCUT2D eigenvalue weighted by molar-refractivity contribution is -0.138. The van der Waals surface area contributed by atoms with Crippen LogP contribution in [0.25, 0.3) is 0 Å². The van der Waals surface area contributed by atoms with Crippen LogP contribution in [0.15, 0.2) is 42.5 Å². The summed E-state index contributed by atoms with van der Waals surface area (Å²) in [6.45, 7) is 4.05. The molecule has 0 bridgehead atoms. The number of amides is 4. The number of hydrogen-bond donors (Lipinski definition) is 1. The van der Waals surface area contributed by atoms with Crippen molar-refractivity contribution in [2.24, 2.45) is 5.92 Å². The minimum atomic E-state index is -1.83. The van der Waals surface area contributed by atoms with Gasteiger partial charge in [0.15, 0.2) is 0 Å². The van der Waals surface area contributed by atoms with Gasteiger partial charge < -0.3 is 10.2 Å². The topological polar surface area (TPSA) is 69.7 Å². The maximum atomic E-state index is 14.4. The van der Waals surface area contributed by atoms with Crippen LogP contribution in [-0.2, 0) is 21.7 Å². The van der Waals surface area contributed by atoms with Crippen molar-refractivity contribution in [2.75, 3.05) is 11.4 Å². The number of anilines is 1. The van der Waals surface area contributed by atoms with E-state index in [1.54, 1.807) is 30.3 Å². The molecule has 1 N–H and O–H groups in total. The Morgan fingerprint density at radius 3 is 2.43 bits per heavy atom. The van der Waals surface area contributed by atoms with E-state index >= 15 is 0 Å². The number of rotatable bonds is 5. The van der Waals surface area contributed by atoms with E-state index in [1.807, 2.05) is 13.8 Å². The smallest absolute Gasteiger partial charge is 0.311 e. The SMILES string of the molecule is CC(C)CCN1C(=O)NC2(C1=O)C(=O)N(Cc1c(F)cccc1Cl)c1ccccc12. The molecule has 2 heterocycles. The van der Waals surface area contributed by atoms with Crippen molar-refractivity contribution in [3.8, 4) is 0 Å². The number of hydrogen-bond acceptors (Lipinski definition) is 3. The average Bonchev–Trinajstić information content (AvgIpc) is 3.09. The van der Waals surface area contributed by atoms with Crippen molar-refractivity contribution in [1.82, 2.24) is 10.2 Å². The lowest BCUT2D eigenvalue weighted by Gasteiger charge is -2.22. The number of para-hydroxylation sites is 1. The Labute approximate surface area is 178 Å². The molecule has 2 aliphatic heterocycles. The van der Waals surface area contributed by atoms with Crippen LogP contribution in [0.2, 0.25) is 5.02 Å². The number of imide groups is 1. The van der Waals surface area contributed by atoms with Crippen molar-refractivity contribution >= 4 is 35.1 Å². The fourth-order valence-corrected chi connectivity index (χ4v) is 4.17. The number of carbonyl (C=O) groups excluding carboxylic acids is 3. The van der Waals surface area contributed by atoms with Gasteiger partial charge in [0.05, 0.1) is 12.2 Å². The zero-order chi connectivity index (χ0) is 21.6. The second-order valence-corrected chi connectivity index (χ2v) is 8.34. The van der Waals surface area contributed by atoms with Gasteiger partial charge in [0.25, 0.3) is 11.8 Å². The van der Waals surface area contributed by atoms with Crippen LogP contribution in [-0.4, -0.2) is 29.3 Å². The molecule has 1 saturated heterocycles. The molecule has 4 rings (SSSR count). The zero-order valence-corrected chi connectivity index (χ0v) is 17.4. The molecule has 30 heavy (non-hydrogen) atoms. The summed E-state index contributed by atoms with van der Waals surface area (Å²) in [5.74, 6) is -1.48. The lowest BCUT2D eigenvalue weighted by Crippen LogP contribution is -2.52. The molecule has 0 aliphatic carbocycles. The number of halogens is 2. The van der Waals surface area contributed by atoms with Gasteiger partial charge in [-0.3, -0.25) is 14.5 Å². The Hall–Kier alpha value is -2.93. The van der Waals surface area contributed by atoms with E-state index in [0.29, 0.717) is 17.7 Å². The molecule has 4 amide bonds. The van der Waals surface area contributed by atoms with E-state index in [2.05, 4.69) is 5.32 Å². The van der Waals surface area contributed by atoms with Crippen LogP contribution >= 0.6 is 11.6 Å². The zero-order valence-electron chi connectivity index (χ0n) is 16.6. The molecule has 1 atom stereocenters. The maximum absolute atomic E-state index is 14.4. The molecule has 2 aromatic rings. The molecule has 1 fully saturated rings. The monoisotopic (exact) mass is 429 g/mol. The fourth-order valence-electron chi connectivity index (χ4n) is 3.95. The number of nitrogens with zero attached hydrogens (tertiary/aromatic N) is 2. The third-order valence-electron chi connectivity index (χ3n) is 5.58. The molecule has 1 unspecified atom stereocenters. The molecule has 156 valence electrons. The molecule has 1 spiro atoms. The molecular weight excluding hydrogens is 409 g/mol. The minimum absolute atomic E-state index is 0.146. The Kier molecular flexibility index (Phi) is 5.02. The Balaban J connectivity index is 1.76. The van der Waals surface area contributed by atoms with Crippen LogP contribution in [0, 0.1) is 11.7 Å². The van der Waals surface area contributed by atoms with Crippen molar-refractivity contribution in [3.05, 3.63) is 64.4 Å². The Bertz CT molecular complexity index is 1040. The normalized spacial score (nSPS) is 20.5. The van der Waals surface area contributed by atoms with Crippen molar-refractivity contribution in [3.63, 3.8) is 0 Å². The first kappa shape index (κ1) is 20.3. The van der Waals surface area contributed by atoms with Crippen LogP contribution in [0.3, 0.4) is 0 Å². The summed E-state index contributed by atoms with van der Waals surface area (Å²) in [5.41, 5.74) is -0.857. The quantitative estimate of drug-likeness (QED) is 0.580. The van der Waals surface area contributed by atoms with Gasteiger partial charge in [0, 0.05) is 22.7 Å². The predicted molar refractivity (Wildman–Crippen MR) is 110 cm³/mol. The summed E-state index contributed by atoms with van der Waals surface area (Å²) in [5, 5.41) is 2.81. The Morgan fingerprint density at radius 2 is 1.73 bits per heavy atom. The van der Waals surface area contributed by atoms with E-state index in [1.165, 1.54) is 17.0 Å². The largest absolute Gasteiger partial charge is 0.325 e. The van der Waals surface area contributed by atoms with Crippen molar-refractivity contribution in [1.29, 1.82) is 0 Å². The second kappa shape index (κ2) is 7.40. The minimum Gasteiger partial charge on any atom is -0.311 e. The summed E-state index contributed by atoms with van der Waals surface area (Å²) >= 11 is 6.16. The number of urea groups is 1. The van der Waals surface area contributed by atoms with Gasteiger partial charge in [0.2, 0.25) is 5.54 Å². The van der Waals surface area contributed by atoms with E-state index < -0.39 is 29.2 Å². The second-order valence-electron chi connectivity index (χ2n) is 7.93. The van der Waals surface area contributed by atoms with Gasteiger partial charge in [-0.1, -0.05) is 49.7 Å². The first-order chi connectivity index (χ1) is 14.3. The number of nitrogens with one attached hydrogen (secondary N) is 1. The Morgan fingerprint density at radius 1 is 1.03 bits per heavy atom. The summed E-state index contributed by atoms with van der Waals surface area (Å²) in [6.07, 6.45) is 0.625. The highest BCUT2D eigenvalue weighted by Gasteiger charge is 2.63. The third kappa shape index (κ3) is 2.96. The predicted octanol–water partition coefficient (Wildman–Crippen LogP) is 3.82. The summed E-state index contributed by atoms with van der Waals surface area (Å²) in [7, 11) is 0. The van der Waals surface area contributed by atoms with Gasteiger partial charge in [-0.15, -0.1) is 0 Å². The average molecular weight is 430 g/mol. The molecule has 8 heteroatoms. The van der Waals surface area contributed by atoms with Crippen LogP contribution in [0.1, 0.15) is 31.4 Å². The van der Waals surface area contributed by atoms with Crippen LogP contribution in [0.5, 0.6) is 0 Å². The van der Waals surface area contributed by atoms with Gasteiger partial charge >= 0.3 is 6.03 Å². The van der Waals surface area contributed by atoms with Gasteiger partial charge in [-0.25, -0.2) is 9.18 Å². The van der Waals surface area contributed by atoms with Crippen LogP contribution in [0.4, 0.5) is 14.9 Å². The number of fused-ring (bicyclic) bond motifs is 2. The number of carbonyl (C=O) groups is 3. The standard InChI is InChI=1S/C22H21ClFN3O3/c1-13(2)10-11-26-19(28)22(25-21(26)30)15-6-3-4-9-18(15)27(20(22)29)12-14-16(23)7-5-8-17(14)24/h3-9,13H,10-12H2,1-2H3,(H,25,30). The summed E-state index contributed by atoms with van der Waals surface area (Å²) < 4.78 is 14.4. The molecular formula is C22H21ClFN3O3. The molecule has 2 aromatic carbocycles. The number of benzene rings is 2. The molecule has 0 radical (unpaired) electrons. The van der Waals surface area contributed by atoms with Crippen molar-refractivity contribution in [2.45, 2.75) is 32.4 Å².